The lowest BCUT2D eigenvalue weighted by Gasteiger charge is -2.07. The number of amides is 1. The molecule has 2 heterocycles. The fourth-order valence-corrected chi connectivity index (χ4v) is 3.25. The topological polar surface area (TPSA) is 69.7 Å². The van der Waals surface area contributed by atoms with Gasteiger partial charge in [-0.2, -0.15) is 0 Å². The highest BCUT2D eigenvalue weighted by Gasteiger charge is 2.31. The van der Waals surface area contributed by atoms with Crippen LogP contribution in [0.2, 0.25) is 0 Å². The number of aromatic nitrogens is 1. The summed E-state index contributed by atoms with van der Waals surface area (Å²) >= 11 is 1.04. The molecule has 0 atom stereocenters. The molecule has 134 valence electrons. The molecule has 0 aliphatic carbocycles. The van der Waals surface area contributed by atoms with Gasteiger partial charge in [-0.15, -0.1) is 13.2 Å². The molecular weight excluding hydrogens is 373 g/mol. The summed E-state index contributed by atoms with van der Waals surface area (Å²) in [5, 5.41) is 2.87. The fraction of sp³-hybridized carbons (Fsp3) is 0.125. The maximum absolute atomic E-state index is 12.3. The normalized spacial score (nSPS) is 13.0. The lowest BCUT2D eigenvalue weighted by atomic mass is 10.2. The number of alkyl halides is 3. The summed E-state index contributed by atoms with van der Waals surface area (Å²) in [5.41, 5.74) is 0.792. The summed E-state index contributed by atoms with van der Waals surface area (Å²) in [7, 11) is 0. The van der Waals surface area contributed by atoms with Crippen molar-refractivity contribution in [3.8, 4) is 17.2 Å². The summed E-state index contributed by atoms with van der Waals surface area (Å²) < 4.78 is 51.6. The number of rotatable bonds is 3. The fourth-order valence-electron chi connectivity index (χ4n) is 2.36. The Morgan fingerprint density at radius 1 is 1.15 bits per heavy atom. The monoisotopic (exact) mass is 382 g/mol. The van der Waals surface area contributed by atoms with Gasteiger partial charge in [0.1, 0.15) is 5.75 Å². The number of halogens is 3. The van der Waals surface area contributed by atoms with E-state index in [-0.39, 0.29) is 17.7 Å². The maximum atomic E-state index is 12.3. The molecule has 2 aromatic carbocycles. The average Bonchev–Trinajstić information content (AvgIpc) is 3.17. The molecule has 0 unspecified atom stereocenters. The van der Waals surface area contributed by atoms with Crippen LogP contribution in [0.25, 0.3) is 10.2 Å². The van der Waals surface area contributed by atoms with Crippen LogP contribution in [0.4, 0.5) is 18.3 Å². The van der Waals surface area contributed by atoms with Crippen molar-refractivity contribution in [1.29, 1.82) is 0 Å². The first kappa shape index (κ1) is 16.5. The van der Waals surface area contributed by atoms with E-state index in [0.29, 0.717) is 27.3 Å². The van der Waals surface area contributed by atoms with Gasteiger partial charge < -0.3 is 14.2 Å². The van der Waals surface area contributed by atoms with Crippen molar-refractivity contribution in [3.63, 3.8) is 0 Å². The molecule has 3 aromatic rings. The van der Waals surface area contributed by atoms with Crippen LogP contribution in [-0.4, -0.2) is 24.0 Å². The van der Waals surface area contributed by atoms with Crippen molar-refractivity contribution in [2.24, 2.45) is 0 Å². The summed E-state index contributed by atoms with van der Waals surface area (Å²) in [5.74, 6) is 0.256. The van der Waals surface area contributed by atoms with Gasteiger partial charge in [0.25, 0.3) is 5.91 Å². The van der Waals surface area contributed by atoms with E-state index in [0.717, 1.165) is 11.3 Å². The van der Waals surface area contributed by atoms with E-state index in [1.807, 2.05) is 0 Å². The van der Waals surface area contributed by atoms with Crippen LogP contribution < -0.4 is 19.5 Å². The maximum Gasteiger partial charge on any atom is 0.573 e. The molecule has 1 aromatic heterocycles. The molecule has 6 nitrogen and oxygen atoms in total. The van der Waals surface area contributed by atoms with E-state index in [4.69, 9.17) is 9.47 Å². The lowest BCUT2D eigenvalue weighted by molar-refractivity contribution is -0.274. The summed E-state index contributed by atoms with van der Waals surface area (Å²) in [6.45, 7) is 0.0978. The Balaban J connectivity index is 1.54. The number of anilines is 1. The van der Waals surface area contributed by atoms with Crippen molar-refractivity contribution in [2.45, 2.75) is 6.36 Å². The third-order valence-corrected chi connectivity index (χ3v) is 4.38. The third-order valence-electron chi connectivity index (χ3n) is 3.45. The molecule has 0 saturated heterocycles. The van der Waals surface area contributed by atoms with E-state index in [2.05, 4.69) is 15.0 Å². The predicted octanol–water partition coefficient (Wildman–Crippen LogP) is 4.18. The smallest absolute Gasteiger partial charge is 0.454 e. The predicted molar refractivity (Wildman–Crippen MR) is 86.8 cm³/mol. The third kappa shape index (κ3) is 3.36. The van der Waals surface area contributed by atoms with Gasteiger partial charge in [0, 0.05) is 11.6 Å². The highest BCUT2D eigenvalue weighted by Crippen LogP contribution is 2.34. The van der Waals surface area contributed by atoms with E-state index in [1.54, 1.807) is 18.2 Å². The van der Waals surface area contributed by atoms with Gasteiger partial charge in [-0.05, 0) is 30.3 Å². The van der Waals surface area contributed by atoms with Crippen molar-refractivity contribution in [1.82, 2.24) is 4.98 Å². The number of ether oxygens (including phenoxy) is 3. The van der Waals surface area contributed by atoms with E-state index < -0.39 is 12.3 Å². The largest absolute Gasteiger partial charge is 0.573 e. The molecule has 1 N–H and O–H groups in total. The molecule has 10 heteroatoms. The van der Waals surface area contributed by atoms with Crippen LogP contribution in [0.3, 0.4) is 0 Å². The first-order valence-corrected chi connectivity index (χ1v) is 8.06. The zero-order valence-electron chi connectivity index (χ0n) is 12.8. The zero-order chi connectivity index (χ0) is 18.3. The highest BCUT2D eigenvalue weighted by molar-refractivity contribution is 7.22. The molecule has 4 rings (SSSR count). The minimum absolute atomic E-state index is 0.0978. The Bertz CT molecular complexity index is 1000. The Morgan fingerprint density at radius 3 is 2.77 bits per heavy atom. The average molecular weight is 382 g/mol. The van der Waals surface area contributed by atoms with Crippen LogP contribution in [0.15, 0.2) is 36.4 Å². The number of nitrogens with zero attached hydrogens (tertiary/aromatic N) is 1. The highest BCUT2D eigenvalue weighted by atomic mass is 32.1. The molecule has 0 saturated carbocycles. The summed E-state index contributed by atoms with van der Waals surface area (Å²) in [6, 6.07) is 8.51. The number of hydrogen-bond donors (Lipinski definition) is 1. The lowest BCUT2D eigenvalue weighted by Crippen LogP contribution is -2.16. The molecular formula is C16H9F3N2O4S. The summed E-state index contributed by atoms with van der Waals surface area (Å²) in [4.78, 5) is 16.5. The second-order valence-electron chi connectivity index (χ2n) is 5.22. The number of benzene rings is 2. The molecule has 1 aliphatic rings. The van der Waals surface area contributed by atoms with Crippen LogP contribution in [0.5, 0.6) is 17.2 Å². The van der Waals surface area contributed by atoms with Gasteiger partial charge in [-0.1, -0.05) is 11.3 Å². The van der Waals surface area contributed by atoms with Gasteiger partial charge in [0.05, 0.1) is 10.2 Å². The van der Waals surface area contributed by atoms with Gasteiger partial charge in [-0.3, -0.25) is 10.1 Å². The minimum Gasteiger partial charge on any atom is -0.454 e. The number of carbonyl (C=O) groups is 1. The molecule has 1 aliphatic heterocycles. The Morgan fingerprint density at radius 2 is 1.96 bits per heavy atom. The Hall–Kier alpha value is -3.01. The molecule has 0 bridgehead atoms. The standard InChI is InChI=1S/C16H9F3N2O4S/c17-16(18,19)25-9-2-3-10-13(6-9)26-15(20-10)21-14(22)8-1-4-11-12(5-8)24-7-23-11/h1-6H,7H2,(H,20,21,22). The van der Waals surface area contributed by atoms with Gasteiger partial charge in [0.15, 0.2) is 16.6 Å². The number of hydrogen-bond acceptors (Lipinski definition) is 6. The number of nitrogens with one attached hydrogen (secondary N) is 1. The molecule has 0 fully saturated rings. The van der Waals surface area contributed by atoms with Crippen molar-refractivity contribution in [3.05, 3.63) is 42.0 Å². The molecule has 0 spiro atoms. The minimum atomic E-state index is -4.77. The SMILES string of the molecule is O=C(Nc1nc2ccc(OC(F)(F)F)cc2s1)c1ccc2c(c1)OCO2. The van der Waals surface area contributed by atoms with E-state index >= 15 is 0 Å². The van der Waals surface area contributed by atoms with Crippen molar-refractivity contribution < 1.29 is 32.2 Å². The molecule has 0 radical (unpaired) electrons. The van der Waals surface area contributed by atoms with Crippen molar-refractivity contribution >= 4 is 32.6 Å². The molecule has 1 amide bonds. The molecule has 26 heavy (non-hydrogen) atoms. The number of carbonyl (C=O) groups excluding carboxylic acids is 1. The van der Waals surface area contributed by atoms with E-state index in [1.165, 1.54) is 18.2 Å². The second-order valence-corrected chi connectivity index (χ2v) is 6.25. The van der Waals surface area contributed by atoms with Crippen molar-refractivity contribution in [2.75, 3.05) is 12.1 Å². The first-order chi connectivity index (χ1) is 12.4. The quantitative estimate of drug-likeness (QED) is 0.736. The van der Waals surface area contributed by atoms with Crippen LogP contribution >= 0.6 is 11.3 Å². The van der Waals surface area contributed by atoms with Gasteiger partial charge in [0.2, 0.25) is 6.79 Å². The summed E-state index contributed by atoms with van der Waals surface area (Å²) in [6.07, 6.45) is -4.77. The van der Waals surface area contributed by atoms with Gasteiger partial charge >= 0.3 is 6.36 Å². The second kappa shape index (κ2) is 6.06. The zero-order valence-corrected chi connectivity index (χ0v) is 13.6. The van der Waals surface area contributed by atoms with Crippen LogP contribution in [0, 0.1) is 0 Å². The Kier molecular flexibility index (Phi) is 3.83. The van der Waals surface area contributed by atoms with Crippen LogP contribution in [0.1, 0.15) is 10.4 Å². The first-order valence-electron chi connectivity index (χ1n) is 7.25. The number of fused-ring (bicyclic) bond motifs is 2. The van der Waals surface area contributed by atoms with Gasteiger partial charge in [-0.25, -0.2) is 4.98 Å². The van der Waals surface area contributed by atoms with Crippen LogP contribution in [-0.2, 0) is 0 Å². The number of thiazole rings is 1. The van der Waals surface area contributed by atoms with E-state index in [9.17, 15) is 18.0 Å². The Labute approximate surface area is 148 Å².